The van der Waals surface area contributed by atoms with Crippen LogP contribution in [-0.2, 0) is 11.3 Å². The van der Waals surface area contributed by atoms with Gasteiger partial charge in [-0.1, -0.05) is 30.3 Å². The summed E-state index contributed by atoms with van der Waals surface area (Å²) < 4.78 is 16.3. The predicted molar refractivity (Wildman–Crippen MR) is 85.5 cm³/mol. The number of furan rings is 1. The van der Waals surface area contributed by atoms with Crippen molar-refractivity contribution in [1.29, 1.82) is 0 Å². The number of benzene rings is 1. The van der Waals surface area contributed by atoms with Crippen LogP contribution in [0.4, 0.5) is 0 Å². The Morgan fingerprint density at radius 1 is 1.26 bits per heavy atom. The largest absolute Gasteiger partial charge is 0.473 e. The molecule has 5 heteroatoms. The highest BCUT2D eigenvalue weighted by atomic mass is 16.5. The van der Waals surface area contributed by atoms with Crippen LogP contribution in [0, 0.1) is 6.92 Å². The number of carbonyl (C=O) groups is 1. The molecule has 23 heavy (non-hydrogen) atoms. The number of ether oxygens (including phenoxy) is 2. The van der Waals surface area contributed by atoms with Gasteiger partial charge in [0.25, 0.3) is 0 Å². The van der Waals surface area contributed by atoms with Crippen molar-refractivity contribution in [2.24, 2.45) is 0 Å². The Hall–Kier alpha value is -2.82. The summed E-state index contributed by atoms with van der Waals surface area (Å²) in [6.45, 7) is 4.22. The monoisotopic (exact) mass is 311 g/mol. The normalized spacial score (nSPS) is 10.7. The summed E-state index contributed by atoms with van der Waals surface area (Å²) in [5.41, 5.74) is 2.01. The lowest BCUT2D eigenvalue weighted by Crippen LogP contribution is -2.05. The first-order valence-electron chi connectivity index (χ1n) is 7.42. The third-order valence-electron chi connectivity index (χ3n) is 3.44. The second-order valence-electron chi connectivity index (χ2n) is 5.05. The highest BCUT2D eigenvalue weighted by Crippen LogP contribution is 2.28. The molecule has 0 bridgehead atoms. The van der Waals surface area contributed by atoms with E-state index < -0.39 is 5.97 Å². The first-order chi connectivity index (χ1) is 11.2. The number of carbonyl (C=O) groups excluding carboxylic acids is 1. The number of aryl methyl sites for hydroxylation is 1. The van der Waals surface area contributed by atoms with Gasteiger partial charge in [0.05, 0.1) is 12.8 Å². The van der Waals surface area contributed by atoms with Gasteiger partial charge in [0.1, 0.15) is 17.9 Å². The summed E-state index contributed by atoms with van der Waals surface area (Å²) in [6, 6.07) is 11.5. The Kier molecular flexibility index (Phi) is 4.28. The number of aromatic nitrogens is 1. The Balaban J connectivity index is 1.88. The maximum absolute atomic E-state index is 12.1. The number of fused-ring (bicyclic) bond motifs is 1. The van der Waals surface area contributed by atoms with Crippen molar-refractivity contribution >= 4 is 16.9 Å². The van der Waals surface area contributed by atoms with Crippen LogP contribution >= 0.6 is 0 Å². The first kappa shape index (κ1) is 15.1. The zero-order valence-corrected chi connectivity index (χ0v) is 13.0. The van der Waals surface area contributed by atoms with Crippen LogP contribution < -0.4 is 4.74 Å². The molecule has 0 aliphatic heterocycles. The molecule has 0 atom stereocenters. The van der Waals surface area contributed by atoms with E-state index in [1.54, 1.807) is 26.1 Å². The quantitative estimate of drug-likeness (QED) is 0.669. The topological polar surface area (TPSA) is 61.6 Å². The Bertz CT molecular complexity index is 824. The number of rotatable bonds is 5. The van der Waals surface area contributed by atoms with Crippen molar-refractivity contribution in [2.45, 2.75) is 20.5 Å². The molecule has 0 saturated heterocycles. The average Bonchev–Trinajstić information content (AvgIpc) is 2.89. The molecule has 0 fully saturated rings. The molecule has 0 unspecified atom stereocenters. The fourth-order valence-corrected chi connectivity index (χ4v) is 2.37. The molecular formula is C18H17NO4. The minimum atomic E-state index is -0.399. The average molecular weight is 311 g/mol. The molecule has 0 aliphatic carbocycles. The van der Waals surface area contributed by atoms with E-state index in [2.05, 4.69) is 4.98 Å². The van der Waals surface area contributed by atoms with Crippen molar-refractivity contribution in [3.05, 3.63) is 59.5 Å². The van der Waals surface area contributed by atoms with E-state index in [1.165, 1.54) is 0 Å². The van der Waals surface area contributed by atoms with E-state index in [0.717, 1.165) is 5.56 Å². The van der Waals surface area contributed by atoms with Crippen molar-refractivity contribution in [3.8, 4) is 5.88 Å². The Morgan fingerprint density at radius 2 is 2.04 bits per heavy atom. The van der Waals surface area contributed by atoms with Gasteiger partial charge in [-0.3, -0.25) is 0 Å². The molecule has 0 saturated carbocycles. The second kappa shape index (κ2) is 6.52. The van der Waals surface area contributed by atoms with Crippen LogP contribution in [0.15, 0.2) is 47.0 Å². The third kappa shape index (κ3) is 3.18. The van der Waals surface area contributed by atoms with Gasteiger partial charge in [-0.15, -0.1) is 0 Å². The molecule has 0 spiro atoms. The van der Waals surface area contributed by atoms with Gasteiger partial charge in [0.2, 0.25) is 5.88 Å². The molecule has 2 heterocycles. The van der Waals surface area contributed by atoms with Crippen LogP contribution in [0.25, 0.3) is 11.0 Å². The summed E-state index contributed by atoms with van der Waals surface area (Å²) in [6.07, 6.45) is 1.56. The Morgan fingerprint density at radius 3 is 2.78 bits per heavy atom. The minimum absolute atomic E-state index is 0.313. The van der Waals surface area contributed by atoms with Crippen LogP contribution in [-0.4, -0.2) is 17.6 Å². The van der Waals surface area contributed by atoms with Gasteiger partial charge >= 0.3 is 5.97 Å². The van der Waals surface area contributed by atoms with Gasteiger partial charge in [-0.05, 0) is 19.4 Å². The van der Waals surface area contributed by atoms with E-state index in [9.17, 15) is 4.79 Å². The highest BCUT2D eigenvalue weighted by molar-refractivity contribution is 6.04. The molecule has 3 rings (SSSR count). The Labute approximate surface area is 133 Å². The number of pyridine rings is 1. The van der Waals surface area contributed by atoms with Crippen LogP contribution in [0.5, 0.6) is 5.88 Å². The number of esters is 1. The molecule has 0 amide bonds. The lowest BCUT2D eigenvalue weighted by atomic mass is 10.1. The smallest absolute Gasteiger partial charge is 0.342 e. The van der Waals surface area contributed by atoms with E-state index in [-0.39, 0.29) is 0 Å². The molecule has 1 aromatic carbocycles. The molecule has 0 N–H and O–H groups in total. The van der Waals surface area contributed by atoms with Gasteiger partial charge in [-0.25, -0.2) is 9.78 Å². The van der Waals surface area contributed by atoms with Crippen LogP contribution in [0.3, 0.4) is 0 Å². The van der Waals surface area contributed by atoms with Crippen molar-refractivity contribution < 1.29 is 18.7 Å². The summed E-state index contributed by atoms with van der Waals surface area (Å²) in [5.74, 6) is 0.553. The molecular weight excluding hydrogens is 294 g/mol. The third-order valence-corrected chi connectivity index (χ3v) is 3.44. The molecule has 3 aromatic rings. The summed E-state index contributed by atoms with van der Waals surface area (Å²) in [7, 11) is 0. The number of nitrogens with zero attached hydrogens (tertiary/aromatic N) is 1. The molecule has 0 aliphatic rings. The zero-order valence-electron chi connectivity index (χ0n) is 13.0. The van der Waals surface area contributed by atoms with Crippen molar-refractivity contribution in [2.75, 3.05) is 6.61 Å². The van der Waals surface area contributed by atoms with Gasteiger partial charge < -0.3 is 13.9 Å². The lowest BCUT2D eigenvalue weighted by Gasteiger charge is -2.05. The maximum Gasteiger partial charge on any atom is 0.342 e. The molecule has 2 aromatic heterocycles. The SMILES string of the molecule is CCOC(=O)c1c(C)oc2cnc(OCc3ccccc3)cc12. The fraction of sp³-hybridized carbons (Fsp3) is 0.222. The summed E-state index contributed by atoms with van der Waals surface area (Å²) >= 11 is 0. The number of hydrogen-bond acceptors (Lipinski definition) is 5. The van der Waals surface area contributed by atoms with Gasteiger partial charge in [0.15, 0.2) is 5.58 Å². The lowest BCUT2D eigenvalue weighted by molar-refractivity contribution is 0.0526. The van der Waals surface area contributed by atoms with Crippen molar-refractivity contribution in [3.63, 3.8) is 0 Å². The number of hydrogen-bond donors (Lipinski definition) is 0. The van der Waals surface area contributed by atoms with Crippen LogP contribution in [0.2, 0.25) is 0 Å². The van der Waals surface area contributed by atoms with E-state index in [0.29, 0.717) is 41.4 Å². The molecule has 0 radical (unpaired) electrons. The maximum atomic E-state index is 12.1. The van der Waals surface area contributed by atoms with Gasteiger partial charge in [0, 0.05) is 11.5 Å². The van der Waals surface area contributed by atoms with Gasteiger partial charge in [-0.2, -0.15) is 0 Å². The minimum Gasteiger partial charge on any atom is -0.473 e. The standard InChI is InChI=1S/C18H17NO4/c1-3-21-18(20)17-12(2)23-15-10-19-16(9-14(15)17)22-11-13-7-5-4-6-8-13/h4-10H,3,11H2,1-2H3. The highest BCUT2D eigenvalue weighted by Gasteiger charge is 2.20. The second-order valence-corrected chi connectivity index (χ2v) is 5.05. The summed E-state index contributed by atoms with van der Waals surface area (Å²) in [5, 5.41) is 0.652. The molecule has 5 nitrogen and oxygen atoms in total. The van der Waals surface area contributed by atoms with Crippen molar-refractivity contribution in [1.82, 2.24) is 4.98 Å². The van der Waals surface area contributed by atoms with Crippen LogP contribution in [0.1, 0.15) is 28.6 Å². The molecule has 118 valence electrons. The van der Waals surface area contributed by atoms with E-state index in [4.69, 9.17) is 13.9 Å². The van der Waals surface area contributed by atoms with E-state index in [1.807, 2.05) is 30.3 Å². The zero-order chi connectivity index (χ0) is 16.2. The predicted octanol–water partition coefficient (Wildman–Crippen LogP) is 3.89. The fourth-order valence-electron chi connectivity index (χ4n) is 2.37. The van der Waals surface area contributed by atoms with E-state index >= 15 is 0 Å². The first-order valence-corrected chi connectivity index (χ1v) is 7.42. The summed E-state index contributed by atoms with van der Waals surface area (Å²) in [4.78, 5) is 16.3.